The van der Waals surface area contributed by atoms with Crippen LogP contribution in [0.3, 0.4) is 0 Å². The Labute approximate surface area is 93.3 Å². The number of aliphatic hydroxyl groups excluding tert-OH is 1. The molecule has 16 heavy (non-hydrogen) atoms. The van der Waals surface area contributed by atoms with Crippen LogP contribution in [0.25, 0.3) is 0 Å². The summed E-state index contributed by atoms with van der Waals surface area (Å²) in [6.45, 7) is 0.637. The van der Waals surface area contributed by atoms with Crippen LogP contribution < -0.4 is 0 Å². The molecule has 1 aromatic rings. The molecule has 5 heteroatoms. The van der Waals surface area contributed by atoms with E-state index >= 15 is 0 Å². The molecule has 0 bridgehead atoms. The molecule has 1 amide bonds. The zero-order valence-corrected chi connectivity index (χ0v) is 8.83. The van der Waals surface area contributed by atoms with Crippen molar-refractivity contribution in [3.63, 3.8) is 0 Å². The van der Waals surface area contributed by atoms with Crippen molar-refractivity contribution in [2.45, 2.75) is 18.9 Å². The molecule has 0 spiro atoms. The van der Waals surface area contributed by atoms with E-state index in [1.54, 1.807) is 4.90 Å². The predicted molar refractivity (Wildman–Crippen MR) is 57.0 cm³/mol. The summed E-state index contributed by atoms with van der Waals surface area (Å²) < 4.78 is 0. The van der Waals surface area contributed by atoms with Crippen LogP contribution >= 0.6 is 0 Å². The van der Waals surface area contributed by atoms with Gasteiger partial charge in [0.1, 0.15) is 5.75 Å². The van der Waals surface area contributed by atoms with E-state index in [0.29, 0.717) is 12.1 Å². The third-order valence-electron chi connectivity index (χ3n) is 2.82. The van der Waals surface area contributed by atoms with Gasteiger partial charge in [0.25, 0.3) is 5.91 Å². The fourth-order valence-electron chi connectivity index (χ4n) is 2.00. The monoisotopic (exact) mass is 222 g/mol. The second-order valence-electron chi connectivity index (χ2n) is 3.91. The first kappa shape index (κ1) is 10.9. The molecule has 0 radical (unpaired) electrons. The lowest BCUT2D eigenvalue weighted by Gasteiger charge is -2.22. The summed E-state index contributed by atoms with van der Waals surface area (Å²) in [4.78, 5) is 17.4. The van der Waals surface area contributed by atoms with Gasteiger partial charge in [-0.1, -0.05) is 0 Å². The quantitative estimate of drug-likeness (QED) is 0.759. The molecule has 86 valence electrons. The summed E-state index contributed by atoms with van der Waals surface area (Å²) in [6.07, 6.45) is 4.44. The van der Waals surface area contributed by atoms with E-state index < -0.39 is 0 Å². The number of hydrogen-bond acceptors (Lipinski definition) is 4. The maximum Gasteiger partial charge on any atom is 0.255 e. The van der Waals surface area contributed by atoms with E-state index in [-0.39, 0.29) is 24.3 Å². The Morgan fingerprint density at radius 2 is 2.38 bits per heavy atom. The van der Waals surface area contributed by atoms with Crippen LogP contribution in [0.2, 0.25) is 0 Å². The van der Waals surface area contributed by atoms with Crippen LogP contribution in [0.1, 0.15) is 23.2 Å². The fraction of sp³-hybridized carbons (Fsp3) is 0.455. The number of nitrogens with zero attached hydrogens (tertiary/aromatic N) is 2. The SMILES string of the molecule is O=C(c1cncc(O)c1)N1CCC[C@@H]1CO. The molecule has 1 fully saturated rings. The van der Waals surface area contributed by atoms with Crippen molar-refractivity contribution >= 4 is 5.91 Å². The molecule has 0 aromatic carbocycles. The van der Waals surface area contributed by atoms with Crippen LogP contribution in [-0.4, -0.2) is 45.2 Å². The van der Waals surface area contributed by atoms with Crippen LogP contribution in [0, 0.1) is 0 Å². The average molecular weight is 222 g/mol. The number of rotatable bonds is 2. The lowest BCUT2D eigenvalue weighted by molar-refractivity contribution is 0.0677. The maximum absolute atomic E-state index is 12.0. The van der Waals surface area contributed by atoms with Crippen molar-refractivity contribution in [1.29, 1.82) is 0 Å². The minimum atomic E-state index is -0.181. The highest BCUT2D eigenvalue weighted by Crippen LogP contribution is 2.20. The van der Waals surface area contributed by atoms with Gasteiger partial charge in [-0.3, -0.25) is 9.78 Å². The molecule has 1 aliphatic rings. The van der Waals surface area contributed by atoms with Crippen molar-refractivity contribution < 1.29 is 15.0 Å². The lowest BCUT2D eigenvalue weighted by atomic mass is 10.2. The topological polar surface area (TPSA) is 73.7 Å². The Balaban J connectivity index is 2.18. The van der Waals surface area contributed by atoms with E-state index in [9.17, 15) is 9.90 Å². The molecule has 2 N–H and O–H groups in total. The van der Waals surface area contributed by atoms with Gasteiger partial charge < -0.3 is 15.1 Å². The zero-order valence-electron chi connectivity index (χ0n) is 8.83. The highest BCUT2D eigenvalue weighted by molar-refractivity contribution is 5.94. The number of hydrogen-bond donors (Lipinski definition) is 2. The van der Waals surface area contributed by atoms with Gasteiger partial charge in [0.2, 0.25) is 0 Å². The van der Waals surface area contributed by atoms with Crippen molar-refractivity contribution in [2.24, 2.45) is 0 Å². The van der Waals surface area contributed by atoms with Gasteiger partial charge in [-0.15, -0.1) is 0 Å². The van der Waals surface area contributed by atoms with E-state index in [1.165, 1.54) is 18.5 Å². The third kappa shape index (κ3) is 1.99. The average Bonchev–Trinajstić information content (AvgIpc) is 2.76. The summed E-state index contributed by atoms with van der Waals surface area (Å²) in [7, 11) is 0. The highest BCUT2D eigenvalue weighted by Gasteiger charge is 2.28. The number of aromatic nitrogens is 1. The predicted octanol–water partition coefficient (Wildman–Crippen LogP) is 0.384. The summed E-state index contributed by atoms with van der Waals surface area (Å²) in [5.41, 5.74) is 0.361. The van der Waals surface area contributed by atoms with Gasteiger partial charge in [-0.05, 0) is 18.9 Å². The molecule has 2 heterocycles. The lowest BCUT2D eigenvalue weighted by Crippen LogP contribution is -2.37. The Hall–Kier alpha value is -1.62. The standard InChI is InChI=1S/C11H14N2O3/c14-7-9-2-1-3-13(9)11(16)8-4-10(15)6-12-5-8/h4-6,9,14-15H,1-3,7H2/t9-/m1/s1. The number of aromatic hydroxyl groups is 1. The van der Waals surface area contributed by atoms with Crippen LogP contribution in [0.5, 0.6) is 5.75 Å². The van der Waals surface area contributed by atoms with E-state index in [4.69, 9.17) is 5.11 Å². The van der Waals surface area contributed by atoms with Crippen molar-refractivity contribution in [3.8, 4) is 5.75 Å². The molecule has 0 aliphatic carbocycles. The van der Waals surface area contributed by atoms with Crippen molar-refractivity contribution in [1.82, 2.24) is 9.88 Å². The van der Waals surface area contributed by atoms with Gasteiger partial charge in [0, 0.05) is 12.7 Å². The maximum atomic E-state index is 12.0. The molecular formula is C11H14N2O3. The Kier molecular flexibility index (Phi) is 3.05. The van der Waals surface area contributed by atoms with Gasteiger partial charge in [-0.25, -0.2) is 0 Å². The van der Waals surface area contributed by atoms with Gasteiger partial charge in [0.05, 0.1) is 24.4 Å². The number of pyridine rings is 1. The number of amides is 1. The number of carbonyl (C=O) groups excluding carboxylic acids is 1. The highest BCUT2D eigenvalue weighted by atomic mass is 16.3. The second kappa shape index (κ2) is 4.49. The number of aliphatic hydroxyl groups is 1. The first-order valence-electron chi connectivity index (χ1n) is 5.28. The van der Waals surface area contributed by atoms with Gasteiger partial charge >= 0.3 is 0 Å². The fourth-order valence-corrected chi connectivity index (χ4v) is 2.00. The zero-order chi connectivity index (χ0) is 11.5. The first-order chi connectivity index (χ1) is 7.72. The number of carbonyl (C=O) groups is 1. The van der Waals surface area contributed by atoms with Gasteiger partial charge in [-0.2, -0.15) is 0 Å². The van der Waals surface area contributed by atoms with Crippen LogP contribution in [-0.2, 0) is 0 Å². The molecule has 1 aliphatic heterocycles. The summed E-state index contributed by atoms with van der Waals surface area (Å²) >= 11 is 0. The molecular weight excluding hydrogens is 208 g/mol. The molecule has 0 unspecified atom stereocenters. The normalized spacial score (nSPS) is 20.1. The third-order valence-corrected chi connectivity index (χ3v) is 2.82. The first-order valence-corrected chi connectivity index (χ1v) is 5.28. The smallest absolute Gasteiger partial charge is 0.255 e. The van der Waals surface area contributed by atoms with E-state index in [2.05, 4.69) is 4.98 Å². The van der Waals surface area contributed by atoms with Crippen LogP contribution in [0.15, 0.2) is 18.5 Å². The molecule has 5 nitrogen and oxygen atoms in total. The molecule has 2 rings (SSSR count). The van der Waals surface area contributed by atoms with E-state index in [1.807, 2.05) is 0 Å². The Morgan fingerprint density at radius 1 is 1.56 bits per heavy atom. The van der Waals surface area contributed by atoms with Gasteiger partial charge in [0.15, 0.2) is 0 Å². The Bertz CT molecular complexity index is 395. The Morgan fingerprint density at radius 3 is 3.06 bits per heavy atom. The minimum absolute atomic E-state index is 0.0159. The van der Waals surface area contributed by atoms with Crippen molar-refractivity contribution in [3.05, 3.63) is 24.0 Å². The molecule has 1 aromatic heterocycles. The largest absolute Gasteiger partial charge is 0.506 e. The summed E-state index contributed by atoms with van der Waals surface area (Å²) in [5.74, 6) is -0.203. The molecule has 1 saturated heterocycles. The van der Waals surface area contributed by atoms with Crippen LogP contribution in [0.4, 0.5) is 0 Å². The summed E-state index contributed by atoms with van der Waals surface area (Å²) in [6, 6.07) is 1.29. The molecule has 0 saturated carbocycles. The second-order valence-corrected chi connectivity index (χ2v) is 3.91. The molecule has 1 atom stereocenters. The minimum Gasteiger partial charge on any atom is -0.506 e. The van der Waals surface area contributed by atoms with Crippen molar-refractivity contribution in [2.75, 3.05) is 13.2 Å². The summed E-state index contributed by atoms with van der Waals surface area (Å²) in [5, 5.41) is 18.4. The van der Waals surface area contributed by atoms with E-state index in [0.717, 1.165) is 12.8 Å². The number of likely N-dealkylation sites (tertiary alicyclic amines) is 1.